The van der Waals surface area contributed by atoms with Gasteiger partial charge in [-0.15, -0.1) is 0 Å². The Balaban J connectivity index is 1.96. The fourth-order valence-electron chi connectivity index (χ4n) is 1.78. The molecule has 0 saturated heterocycles. The Morgan fingerprint density at radius 3 is 2.79 bits per heavy atom. The molecule has 0 fully saturated rings. The molecule has 100 valence electrons. The third-order valence-corrected chi connectivity index (χ3v) is 2.72. The van der Waals surface area contributed by atoms with Gasteiger partial charge in [0, 0.05) is 19.3 Å². The lowest BCUT2D eigenvalue weighted by Gasteiger charge is -2.13. The van der Waals surface area contributed by atoms with Crippen molar-refractivity contribution in [3.63, 3.8) is 0 Å². The van der Waals surface area contributed by atoms with Gasteiger partial charge in [-0.1, -0.05) is 6.07 Å². The van der Waals surface area contributed by atoms with Crippen LogP contribution in [0.4, 0.5) is 10.6 Å². The fourth-order valence-corrected chi connectivity index (χ4v) is 1.78. The third-order valence-electron chi connectivity index (χ3n) is 2.72. The first-order valence-corrected chi connectivity index (χ1v) is 6.05. The summed E-state index contributed by atoms with van der Waals surface area (Å²) in [6, 6.07) is 6.98. The van der Waals surface area contributed by atoms with Crippen molar-refractivity contribution in [2.75, 3.05) is 5.32 Å². The molecular weight excluding hydrogens is 242 g/mol. The van der Waals surface area contributed by atoms with Crippen LogP contribution in [0.25, 0.3) is 0 Å². The van der Waals surface area contributed by atoms with E-state index >= 15 is 0 Å². The minimum atomic E-state index is -0.277. The van der Waals surface area contributed by atoms with Crippen LogP contribution in [-0.4, -0.2) is 20.8 Å². The van der Waals surface area contributed by atoms with E-state index in [9.17, 15) is 4.79 Å². The van der Waals surface area contributed by atoms with Gasteiger partial charge in [-0.05, 0) is 26.0 Å². The van der Waals surface area contributed by atoms with Crippen LogP contribution in [-0.2, 0) is 7.05 Å². The van der Waals surface area contributed by atoms with Gasteiger partial charge in [0.15, 0.2) is 0 Å². The normalized spacial score (nSPS) is 11.9. The predicted octanol–water partition coefficient (Wildman–Crippen LogP) is 2.01. The Kier molecular flexibility index (Phi) is 3.79. The van der Waals surface area contributed by atoms with E-state index in [2.05, 4.69) is 20.7 Å². The third kappa shape index (κ3) is 3.31. The number of rotatable bonds is 3. The lowest BCUT2D eigenvalue weighted by Crippen LogP contribution is -2.32. The van der Waals surface area contributed by atoms with Crippen molar-refractivity contribution in [1.29, 1.82) is 0 Å². The second-order valence-corrected chi connectivity index (χ2v) is 4.37. The highest BCUT2D eigenvalue weighted by molar-refractivity contribution is 5.88. The summed E-state index contributed by atoms with van der Waals surface area (Å²) in [6.45, 7) is 3.76. The minimum absolute atomic E-state index is 0.157. The molecule has 6 heteroatoms. The van der Waals surface area contributed by atoms with Gasteiger partial charge >= 0.3 is 6.03 Å². The molecule has 0 saturated carbocycles. The van der Waals surface area contributed by atoms with E-state index in [-0.39, 0.29) is 12.1 Å². The number of carbonyl (C=O) groups excluding carboxylic acids is 1. The molecule has 0 aliphatic carbocycles. The van der Waals surface area contributed by atoms with Crippen molar-refractivity contribution in [2.24, 2.45) is 7.05 Å². The molecule has 6 nitrogen and oxygen atoms in total. The lowest BCUT2D eigenvalue weighted by molar-refractivity contribution is 0.249. The van der Waals surface area contributed by atoms with E-state index in [1.807, 2.05) is 38.1 Å². The topological polar surface area (TPSA) is 71.8 Å². The monoisotopic (exact) mass is 259 g/mol. The molecule has 2 N–H and O–H groups in total. The van der Waals surface area contributed by atoms with Crippen molar-refractivity contribution in [3.05, 3.63) is 41.9 Å². The summed E-state index contributed by atoms with van der Waals surface area (Å²) >= 11 is 0. The zero-order valence-corrected chi connectivity index (χ0v) is 11.2. The van der Waals surface area contributed by atoms with Gasteiger partial charge < -0.3 is 5.32 Å². The fraction of sp³-hybridized carbons (Fsp3) is 0.308. The number of aryl methyl sites for hydroxylation is 2. The zero-order valence-electron chi connectivity index (χ0n) is 11.2. The number of pyridine rings is 1. The van der Waals surface area contributed by atoms with Crippen LogP contribution >= 0.6 is 0 Å². The highest BCUT2D eigenvalue weighted by Gasteiger charge is 2.11. The summed E-state index contributed by atoms with van der Waals surface area (Å²) in [4.78, 5) is 16.1. The summed E-state index contributed by atoms with van der Waals surface area (Å²) < 4.78 is 1.63. The van der Waals surface area contributed by atoms with Crippen LogP contribution in [0.3, 0.4) is 0 Å². The van der Waals surface area contributed by atoms with Gasteiger partial charge in [-0.2, -0.15) is 5.10 Å². The summed E-state index contributed by atoms with van der Waals surface area (Å²) in [7, 11) is 1.78. The second kappa shape index (κ2) is 5.51. The summed E-state index contributed by atoms with van der Waals surface area (Å²) in [6.07, 6.45) is 1.70. The van der Waals surface area contributed by atoms with Gasteiger partial charge in [0.2, 0.25) is 0 Å². The maximum Gasteiger partial charge on any atom is 0.320 e. The Morgan fingerprint density at radius 1 is 1.42 bits per heavy atom. The Bertz CT molecular complexity index is 564. The van der Waals surface area contributed by atoms with Crippen molar-refractivity contribution in [1.82, 2.24) is 20.1 Å². The van der Waals surface area contributed by atoms with E-state index in [1.54, 1.807) is 17.9 Å². The quantitative estimate of drug-likeness (QED) is 0.885. The number of amides is 2. The summed E-state index contributed by atoms with van der Waals surface area (Å²) in [5, 5.41) is 9.75. The van der Waals surface area contributed by atoms with Gasteiger partial charge in [-0.3, -0.25) is 15.0 Å². The predicted molar refractivity (Wildman–Crippen MR) is 72.8 cm³/mol. The van der Waals surface area contributed by atoms with Crippen molar-refractivity contribution in [2.45, 2.75) is 19.9 Å². The second-order valence-electron chi connectivity index (χ2n) is 4.37. The van der Waals surface area contributed by atoms with Gasteiger partial charge in [-0.25, -0.2) is 4.79 Å². The van der Waals surface area contributed by atoms with E-state index in [0.29, 0.717) is 5.82 Å². The molecule has 0 radical (unpaired) electrons. The number of urea groups is 1. The molecule has 1 unspecified atom stereocenters. The lowest BCUT2D eigenvalue weighted by atomic mass is 10.2. The number of hydrogen-bond donors (Lipinski definition) is 2. The van der Waals surface area contributed by atoms with Gasteiger partial charge in [0.05, 0.1) is 17.4 Å². The smallest absolute Gasteiger partial charge is 0.320 e. The highest BCUT2D eigenvalue weighted by atomic mass is 16.2. The largest absolute Gasteiger partial charge is 0.330 e. The molecule has 0 bridgehead atoms. The molecule has 2 rings (SSSR count). The zero-order chi connectivity index (χ0) is 13.8. The number of hydrogen-bond acceptors (Lipinski definition) is 3. The molecule has 2 heterocycles. The SMILES string of the molecule is Cc1cc(NC(=O)NC(C)c2ccccn2)n(C)n1. The van der Waals surface area contributed by atoms with Crippen molar-refractivity contribution in [3.8, 4) is 0 Å². The maximum absolute atomic E-state index is 11.9. The van der Waals surface area contributed by atoms with Crippen LogP contribution in [0.15, 0.2) is 30.5 Å². The van der Waals surface area contributed by atoms with Crippen molar-refractivity contribution < 1.29 is 4.79 Å². The molecule has 19 heavy (non-hydrogen) atoms. The Labute approximate surface area is 111 Å². The van der Waals surface area contributed by atoms with E-state index in [4.69, 9.17) is 0 Å². The highest BCUT2D eigenvalue weighted by Crippen LogP contribution is 2.10. The summed E-state index contributed by atoms with van der Waals surface area (Å²) in [5.74, 6) is 0.656. The number of nitrogens with zero attached hydrogens (tertiary/aromatic N) is 3. The van der Waals surface area contributed by atoms with E-state index in [1.165, 1.54) is 0 Å². The van der Waals surface area contributed by atoms with Crippen LogP contribution < -0.4 is 10.6 Å². The molecule has 2 aromatic rings. The number of anilines is 1. The summed E-state index contributed by atoms with van der Waals surface area (Å²) in [5.41, 5.74) is 1.68. The van der Waals surface area contributed by atoms with E-state index < -0.39 is 0 Å². The molecule has 2 aromatic heterocycles. The average Bonchev–Trinajstić information content (AvgIpc) is 2.68. The first kappa shape index (κ1) is 13.1. The molecule has 0 spiro atoms. The molecule has 1 atom stereocenters. The van der Waals surface area contributed by atoms with Crippen molar-refractivity contribution >= 4 is 11.8 Å². The first-order valence-electron chi connectivity index (χ1n) is 6.05. The molecule has 0 aromatic carbocycles. The molecule has 0 aliphatic heterocycles. The Morgan fingerprint density at radius 2 is 2.21 bits per heavy atom. The average molecular weight is 259 g/mol. The van der Waals surface area contributed by atoms with E-state index in [0.717, 1.165) is 11.4 Å². The number of aromatic nitrogens is 3. The van der Waals surface area contributed by atoms with Crippen LogP contribution in [0.5, 0.6) is 0 Å². The van der Waals surface area contributed by atoms with Crippen LogP contribution in [0.2, 0.25) is 0 Å². The standard InChI is InChI=1S/C13H17N5O/c1-9-8-12(18(3)17-9)16-13(19)15-10(2)11-6-4-5-7-14-11/h4-8,10H,1-3H3,(H2,15,16,19). The van der Waals surface area contributed by atoms with Crippen LogP contribution in [0, 0.1) is 6.92 Å². The molecule has 0 aliphatic rings. The molecule has 2 amide bonds. The van der Waals surface area contributed by atoms with Gasteiger partial charge in [0.25, 0.3) is 0 Å². The molecular formula is C13H17N5O. The number of nitrogens with one attached hydrogen (secondary N) is 2. The van der Waals surface area contributed by atoms with Crippen LogP contribution in [0.1, 0.15) is 24.4 Å². The Hall–Kier alpha value is -2.37. The maximum atomic E-state index is 11.9. The first-order chi connectivity index (χ1) is 9.06. The van der Waals surface area contributed by atoms with Gasteiger partial charge in [0.1, 0.15) is 5.82 Å². The number of carbonyl (C=O) groups is 1. The minimum Gasteiger partial charge on any atom is -0.330 e.